The molecule has 0 fully saturated rings. The summed E-state index contributed by atoms with van der Waals surface area (Å²) in [4.78, 5) is 0. The normalized spacial score (nSPS) is 9.29. The van der Waals surface area contributed by atoms with Crippen molar-refractivity contribution in [3.8, 4) is 0 Å². The van der Waals surface area contributed by atoms with Gasteiger partial charge in [0.1, 0.15) is 12.0 Å². The van der Waals surface area contributed by atoms with E-state index in [2.05, 4.69) is 14.9 Å². The number of nitrogens with zero attached hydrogens (tertiary/aromatic N) is 2. The summed E-state index contributed by atoms with van der Waals surface area (Å²) in [6.45, 7) is 1.87. The molecule has 0 aliphatic rings. The van der Waals surface area contributed by atoms with Crippen LogP contribution in [0.2, 0.25) is 0 Å². The summed E-state index contributed by atoms with van der Waals surface area (Å²) in [6, 6.07) is 0. The molecule has 1 aromatic rings. The quantitative estimate of drug-likeness (QED) is 0.516. The molecule has 3 nitrogen and oxygen atoms in total. The van der Waals surface area contributed by atoms with Gasteiger partial charge in [0, 0.05) is 11.7 Å². The first-order valence-corrected chi connectivity index (χ1v) is 2.00. The number of hydrogen-bond acceptors (Lipinski definition) is 3. The zero-order valence-corrected chi connectivity index (χ0v) is 3.96. The maximum Gasteiger partial charge on any atom is 0.147 e. The fourth-order valence-electron chi connectivity index (χ4n) is 0.298. The average Bonchev–Trinajstić information content (AvgIpc) is 2.14. The lowest BCUT2D eigenvalue weighted by Gasteiger charge is -1.71. The predicted molar refractivity (Wildman–Crippen MR) is 23.4 cm³/mol. The van der Waals surface area contributed by atoms with Gasteiger partial charge < -0.3 is 4.52 Å². The van der Waals surface area contributed by atoms with Crippen LogP contribution in [0.3, 0.4) is 0 Å². The molecule has 0 saturated heterocycles. The number of aromatic nitrogens is 2. The number of rotatable bonds is 1. The van der Waals surface area contributed by atoms with Crippen molar-refractivity contribution >= 4 is 0 Å². The van der Waals surface area contributed by atoms with Crippen LogP contribution in [-0.2, 0) is 0 Å². The van der Waals surface area contributed by atoms with E-state index in [4.69, 9.17) is 0 Å². The minimum atomic E-state index is 0.778. The van der Waals surface area contributed by atoms with Crippen molar-refractivity contribution in [3.05, 3.63) is 18.4 Å². The Morgan fingerprint density at radius 2 is 2.71 bits per heavy atom. The maximum absolute atomic E-state index is 4.41. The summed E-state index contributed by atoms with van der Waals surface area (Å²) < 4.78 is 4.41. The molecule has 7 heavy (non-hydrogen) atoms. The highest BCUT2D eigenvalue weighted by molar-refractivity contribution is 4.99. The van der Waals surface area contributed by atoms with Gasteiger partial charge in [-0.25, -0.2) is 0 Å². The Morgan fingerprint density at radius 3 is 3.00 bits per heavy atom. The van der Waals surface area contributed by atoms with Gasteiger partial charge in [0.2, 0.25) is 0 Å². The van der Waals surface area contributed by atoms with E-state index in [9.17, 15) is 0 Å². The van der Waals surface area contributed by atoms with Crippen LogP contribution in [0, 0.1) is 6.42 Å². The summed E-state index contributed by atoms with van der Waals surface area (Å²) in [6.07, 6.45) is 3.30. The van der Waals surface area contributed by atoms with E-state index in [0.29, 0.717) is 0 Å². The van der Waals surface area contributed by atoms with Crippen LogP contribution in [0.1, 0.15) is 12.6 Å². The van der Waals surface area contributed by atoms with Crippen molar-refractivity contribution in [1.82, 2.24) is 10.4 Å². The van der Waals surface area contributed by atoms with E-state index in [1.807, 2.05) is 13.3 Å². The SMILES string of the molecule is C[CH]c1conn1. The first kappa shape index (κ1) is 4.30. The van der Waals surface area contributed by atoms with Crippen LogP contribution in [0.4, 0.5) is 0 Å². The van der Waals surface area contributed by atoms with Crippen LogP contribution < -0.4 is 0 Å². The second kappa shape index (κ2) is 1.73. The molecule has 0 aromatic carbocycles. The standard InChI is InChI=1S/C4H5N2O/c1-2-4-3-7-6-5-4/h2-3H,1H3. The third kappa shape index (κ3) is 0.765. The zero-order valence-electron chi connectivity index (χ0n) is 3.96. The molecule has 0 spiro atoms. The highest BCUT2D eigenvalue weighted by atomic mass is 16.5. The lowest BCUT2D eigenvalue weighted by Crippen LogP contribution is -1.73. The molecule has 37 valence electrons. The van der Waals surface area contributed by atoms with Crippen LogP contribution in [0.15, 0.2) is 10.8 Å². The van der Waals surface area contributed by atoms with Gasteiger partial charge >= 0.3 is 0 Å². The lowest BCUT2D eigenvalue weighted by atomic mass is 10.4. The summed E-state index contributed by atoms with van der Waals surface area (Å²) >= 11 is 0. The summed E-state index contributed by atoms with van der Waals surface area (Å²) in [5, 5.41) is 6.80. The molecule has 1 heterocycles. The molecule has 0 amide bonds. The molecule has 0 N–H and O–H groups in total. The maximum atomic E-state index is 4.41. The smallest absolute Gasteiger partial charge is 0.147 e. The molecular weight excluding hydrogens is 92.1 g/mol. The Hall–Kier alpha value is -0.860. The summed E-state index contributed by atoms with van der Waals surface area (Å²) in [5.41, 5.74) is 0.778. The van der Waals surface area contributed by atoms with Crippen molar-refractivity contribution in [1.29, 1.82) is 0 Å². The highest BCUT2D eigenvalue weighted by Gasteiger charge is 1.88. The van der Waals surface area contributed by atoms with Crippen molar-refractivity contribution in [2.45, 2.75) is 6.92 Å². The first-order chi connectivity index (χ1) is 3.43. The molecule has 0 saturated carbocycles. The molecule has 3 heteroatoms. The van der Waals surface area contributed by atoms with Crippen molar-refractivity contribution < 1.29 is 4.52 Å². The zero-order chi connectivity index (χ0) is 5.11. The molecule has 1 aromatic heterocycles. The fourth-order valence-corrected chi connectivity index (χ4v) is 0.298. The van der Waals surface area contributed by atoms with Gasteiger partial charge in [-0.3, -0.25) is 0 Å². The van der Waals surface area contributed by atoms with Crippen LogP contribution in [0.25, 0.3) is 0 Å². The van der Waals surface area contributed by atoms with Gasteiger partial charge in [-0.2, -0.15) is 0 Å². The van der Waals surface area contributed by atoms with E-state index >= 15 is 0 Å². The molecule has 0 aliphatic heterocycles. The minimum absolute atomic E-state index is 0.778. The molecule has 0 aliphatic carbocycles. The Kier molecular flexibility index (Phi) is 1.06. The van der Waals surface area contributed by atoms with Gasteiger partial charge in [-0.05, 0) is 0 Å². The van der Waals surface area contributed by atoms with Gasteiger partial charge in [0.25, 0.3) is 0 Å². The first-order valence-electron chi connectivity index (χ1n) is 2.00. The van der Waals surface area contributed by atoms with Crippen molar-refractivity contribution in [2.24, 2.45) is 0 Å². The molecule has 1 radical (unpaired) electrons. The van der Waals surface area contributed by atoms with E-state index in [-0.39, 0.29) is 0 Å². The molecule has 1 rings (SSSR count). The molecule has 0 atom stereocenters. The largest absolute Gasteiger partial charge is 0.345 e. The number of hydrogen-bond donors (Lipinski definition) is 0. The summed E-state index contributed by atoms with van der Waals surface area (Å²) in [5.74, 6) is 0. The third-order valence-electron chi connectivity index (χ3n) is 0.673. The van der Waals surface area contributed by atoms with Crippen molar-refractivity contribution in [2.75, 3.05) is 0 Å². The third-order valence-corrected chi connectivity index (χ3v) is 0.673. The van der Waals surface area contributed by atoms with Crippen LogP contribution in [-0.4, -0.2) is 10.4 Å². The van der Waals surface area contributed by atoms with E-state index < -0.39 is 0 Å². The van der Waals surface area contributed by atoms with E-state index in [1.165, 1.54) is 6.26 Å². The predicted octanol–water partition coefficient (Wildman–Crippen LogP) is 0.642. The molecule has 0 unspecified atom stereocenters. The van der Waals surface area contributed by atoms with Crippen LogP contribution >= 0.6 is 0 Å². The molecular formula is C4H5N2O. The average molecular weight is 97.1 g/mol. The fraction of sp³-hybridized carbons (Fsp3) is 0.250. The van der Waals surface area contributed by atoms with Gasteiger partial charge in [0.15, 0.2) is 0 Å². The Balaban J connectivity index is 2.76. The minimum Gasteiger partial charge on any atom is -0.345 e. The molecule has 0 bridgehead atoms. The second-order valence-electron chi connectivity index (χ2n) is 1.12. The van der Waals surface area contributed by atoms with Crippen molar-refractivity contribution in [3.63, 3.8) is 0 Å². The Labute approximate surface area is 41.3 Å². The van der Waals surface area contributed by atoms with Gasteiger partial charge in [-0.1, -0.05) is 6.92 Å². The Morgan fingerprint density at radius 1 is 1.86 bits per heavy atom. The second-order valence-corrected chi connectivity index (χ2v) is 1.12. The van der Waals surface area contributed by atoms with Gasteiger partial charge in [-0.15, -0.1) is 5.10 Å². The van der Waals surface area contributed by atoms with E-state index in [1.54, 1.807) is 0 Å². The van der Waals surface area contributed by atoms with E-state index in [0.717, 1.165) is 5.69 Å². The van der Waals surface area contributed by atoms with Gasteiger partial charge in [0.05, 0.1) is 0 Å². The van der Waals surface area contributed by atoms with Crippen LogP contribution in [0.5, 0.6) is 0 Å². The summed E-state index contributed by atoms with van der Waals surface area (Å²) in [7, 11) is 0. The lowest BCUT2D eigenvalue weighted by molar-refractivity contribution is 0.393. The Bertz CT molecular complexity index is 124. The highest BCUT2D eigenvalue weighted by Crippen LogP contribution is 1.91. The topological polar surface area (TPSA) is 38.9 Å². The monoisotopic (exact) mass is 97.0 g/mol.